The first-order chi connectivity index (χ1) is 25.9. The third-order valence-corrected chi connectivity index (χ3v) is 9.46. The molecule has 1 saturated heterocycles. The Hall–Kier alpha value is -6.68. The Morgan fingerprint density at radius 2 is 1.80 bits per heavy atom. The quantitative estimate of drug-likeness (QED) is 0.137. The van der Waals surface area contributed by atoms with Crippen LogP contribution >= 0.6 is 0 Å². The van der Waals surface area contributed by atoms with Gasteiger partial charge in [-0.15, -0.1) is 0 Å². The molecule has 13 heteroatoms. The van der Waals surface area contributed by atoms with E-state index in [2.05, 4.69) is 37.8 Å². The van der Waals surface area contributed by atoms with Crippen LogP contribution in [-0.4, -0.2) is 65.3 Å². The number of amides is 5. The van der Waals surface area contributed by atoms with E-state index >= 15 is 0 Å². The Morgan fingerprint density at radius 1 is 0.981 bits per heavy atom. The van der Waals surface area contributed by atoms with Crippen LogP contribution in [0.3, 0.4) is 0 Å². The van der Waals surface area contributed by atoms with Crippen molar-refractivity contribution in [1.82, 2.24) is 25.5 Å². The number of carbonyl (C=O) groups excluding carboxylic acids is 4. The number of anilines is 2. The number of alkyl halides is 2. The van der Waals surface area contributed by atoms with Gasteiger partial charge in [-0.25, -0.2) is 13.6 Å². The van der Waals surface area contributed by atoms with Crippen molar-refractivity contribution in [3.8, 4) is 34.2 Å². The summed E-state index contributed by atoms with van der Waals surface area (Å²) in [6.07, 6.45) is 3.94. The second-order valence-electron chi connectivity index (χ2n) is 13.3. The van der Waals surface area contributed by atoms with E-state index in [0.717, 1.165) is 28.8 Å². The van der Waals surface area contributed by atoms with Crippen LogP contribution in [0.4, 0.5) is 25.0 Å². The number of benzene rings is 3. The molecule has 0 bridgehead atoms. The van der Waals surface area contributed by atoms with Crippen LogP contribution < -0.4 is 20.9 Å². The highest BCUT2D eigenvalue weighted by Crippen LogP contribution is 2.42. The third kappa shape index (κ3) is 7.31. The maximum atomic E-state index is 14.7. The first kappa shape index (κ1) is 35.7. The van der Waals surface area contributed by atoms with Crippen LogP contribution in [0.15, 0.2) is 85.2 Å². The first-order valence-corrected chi connectivity index (χ1v) is 17.2. The molecule has 0 radical (unpaired) electrons. The molecule has 3 aromatic carbocycles. The van der Waals surface area contributed by atoms with Crippen LogP contribution in [0.2, 0.25) is 0 Å². The number of fused-ring (bicyclic) bond motifs is 2. The fourth-order valence-corrected chi connectivity index (χ4v) is 6.60. The number of carbonyl (C=O) groups is 4. The number of hydrogen-bond acceptors (Lipinski definition) is 7. The lowest BCUT2D eigenvalue weighted by molar-refractivity contribution is -0.133. The Balaban J connectivity index is 1.05. The molecule has 0 spiro atoms. The second kappa shape index (κ2) is 14.4. The molecule has 5 amide bonds. The van der Waals surface area contributed by atoms with Crippen LogP contribution in [0.25, 0.3) is 33.2 Å². The number of pyridine rings is 2. The highest BCUT2D eigenvalue weighted by molar-refractivity contribution is 6.03. The molecule has 11 nitrogen and oxygen atoms in total. The summed E-state index contributed by atoms with van der Waals surface area (Å²) < 4.78 is 29.4. The molecule has 272 valence electrons. The summed E-state index contributed by atoms with van der Waals surface area (Å²) in [7, 11) is 3.26. The van der Waals surface area contributed by atoms with Gasteiger partial charge in [-0.1, -0.05) is 36.1 Å². The number of piperidine rings is 1. The van der Waals surface area contributed by atoms with Gasteiger partial charge in [0, 0.05) is 79.7 Å². The number of urea groups is 1. The summed E-state index contributed by atoms with van der Waals surface area (Å²) in [5.41, 5.74) is 5.22. The average Bonchev–Trinajstić information content (AvgIpc) is 3.16. The van der Waals surface area contributed by atoms with E-state index in [9.17, 15) is 28.0 Å². The molecule has 1 fully saturated rings. The van der Waals surface area contributed by atoms with Gasteiger partial charge in [0.05, 0.1) is 17.9 Å². The zero-order chi connectivity index (χ0) is 38.1. The smallest absolute Gasteiger partial charge is 0.324 e. The third-order valence-electron chi connectivity index (χ3n) is 9.46. The van der Waals surface area contributed by atoms with Crippen LogP contribution in [0.5, 0.6) is 0 Å². The fraction of sp³-hybridized carbons (Fsp3) is 0.220. The van der Waals surface area contributed by atoms with Crippen LogP contribution in [0, 0.1) is 11.8 Å². The molecular formula is C41H35F2N7O4. The van der Waals surface area contributed by atoms with Gasteiger partial charge in [0.25, 0.3) is 11.8 Å². The van der Waals surface area contributed by atoms with E-state index < -0.39 is 17.9 Å². The maximum Gasteiger partial charge on any atom is 0.324 e. The van der Waals surface area contributed by atoms with Crippen molar-refractivity contribution >= 4 is 45.9 Å². The van der Waals surface area contributed by atoms with Gasteiger partial charge >= 0.3 is 6.03 Å². The highest BCUT2D eigenvalue weighted by atomic mass is 19.3. The largest absolute Gasteiger partial charge is 0.374 e. The summed E-state index contributed by atoms with van der Waals surface area (Å²) in [4.78, 5) is 61.0. The molecule has 2 aliphatic rings. The normalized spacial score (nSPS) is 15.6. The highest BCUT2D eigenvalue weighted by Gasteiger charge is 2.33. The summed E-state index contributed by atoms with van der Waals surface area (Å²) in [5, 5.41) is 9.78. The van der Waals surface area contributed by atoms with E-state index in [0.29, 0.717) is 40.2 Å². The zero-order valence-corrected chi connectivity index (χ0v) is 29.7. The van der Waals surface area contributed by atoms with Crippen molar-refractivity contribution in [3.05, 3.63) is 108 Å². The molecule has 4 heterocycles. The minimum absolute atomic E-state index is 0.0759. The summed E-state index contributed by atoms with van der Waals surface area (Å²) in [6, 6.07) is 20.2. The monoisotopic (exact) mass is 727 g/mol. The van der Waals surface area contributed by atoms with Crippen molar-refractivity contribution in [3.63, 3.8) is 0 Å². The molecule has 1 unspecified atom stereocenters. The maximum absolute atomic E-state index is 14.7. The van der Waals surface area contributed by atoms with Gasteiger partial charge in [-0.05, 0) is 71.5 Å². The molecule has 0 aliphatic carbocycles. The Morgan fingerprint density at radius 3 is 2.56 bits per heavy atom. The van der Waals surface area contributed by atoms with E-state index in [-0.39, 0.29) is 48.6 Å². The number of imide groups is 1. The molecule has 2 aromatic heterocycles. The predicted molar refractivity (Wildman–Crippen MR) is 201 cm³/mol. The molecule has 5 aromatic rings. The molecule has 2 aliphatic heterocycles. The number of nitrogens with zero attached hydrogens (tertiary/aromatic N) is 4. The summed E-state index contributed by atoms with van der Waals surface area (Å²) >= 11 is 0. The molecule has 3 N–H and O–H groups in total. The SMILES string of the molecule is CN1Cc2c(-c3cccc4cc(-c5ccc(C(=O)NCC#Cc6cccc(NC7CCC(=O)NC7=O)c6)nc5)ncc34)cc(C(C)(F)F)cc2N(C)C1=O. The van der Waals surface area contributed by atoms with Gasteiger partial charge in [-0.3, -0.25) is 34.6 Å². The molecule has 54 heavy (non-hydrogen) atoms. The lowest BCUT2D eigenvalue weighted by Gasteiger charge is -2.35. The number of halogens is 2. The average molecular weight is 728 g/mol. The van der Waals surface area contributed by atoms with E-state index in [1.54, 1.807) is 55.7 Å². The van der Waals surface area contributed by atoms with Crippen LogP contribution in [-0.2, 0) is 22.1 Å². The standard InChI is InChI=1S/C41H35F2N7O4/c1-41(42,43)27-19-30(32-23-49(2)40(54)50(3)36(32)20-27)29-11-5-9-25-18-35(46-22-31(25)29)26-12-13-33(45-21-26)38(52)44-16-6-8-24-7-4-10-28(17-24)47-34-14-15-37(51)48-39(34)53/h4-5,7,9-13,17-22,34,47H,14-16,23H2,1-3H3,(H,44,52)(H,48,51,53). The summed E-state index contributed by atoms with van der Waals surface area (Å²) in [5.74, 6) is 1.76. The van der Waals surface area contributed by atoms with Crippen molar-refractivity contribution in [2.24, 2.45) is 0 Å². The Kier molecular flexibility index (Phi) is 9.51. The van der Waals surface area contributed by atoms with Crippen LogP contribution in [0.1, 0.15) is 46.9 Å². The summed E-state index contributed by atoms with van der Waals surface area (Å²) in [6.45, 7) is 1.19. The van der Waals surface area contributed by atoms with Gasteiger partial charge < -0.3 is 15.5 Å². The van der Waals surface area contributed by atoms with E-state index in [1.165, 1.54) is 17.0 Å². The second-order valence-corrected chi connectivity index (χ2v) is 13.3. The number of nitrogens with one attached hydrogen (secondary N) is 3. The molecule has 7 rings (SSSR count). The molecule has 1 atom stereocenters. The minimum Gasteiger partial charge on any atom is -0.374 e. The zero-order valence-electron chi connectivity index (χ0n) is 29.7. The topological polar surface area (TPSA) is 137 Å². The first-order valence-electron chi connectivity index (χ1n) is 17.2. The lowest BCUT2D eigenvalue weighted by Crippen LogP contribution is -2.47. The van der Waals surface area contributed by atoms with Gasteiger partial charge in [0.1, 0.15) is 11.7 Å². The van der Waals surface area contributed by atoms with Crippen molar-refractivity contribution < 1.29 is 28.0 Å². The number of hydrogen-bond donors (Lipinski definition) is 3. The predicted octanol–water partition coefficient (Wildman–Crippen LogP) is 6.08. The lowest BCUT2D eigenvalue weighted by atomic mass is 9.90. The van der Waals surface area contributed by atoms with Gasteiger partial charge in [0.2, 0.25) is 11.8 Å². The van der Waals surface area contributed by atoms with E-state index in [4.69, 9.17) is 0 Å². The fourth-order valence-electron chi connectivity index (χ4n) is 6.60. The van der Waals surface area contributed by atoms with Gasteiger partial charge in [0.15, 0.2) is 0 Å². The van der Waals surface area contributed by atoms with Crippen molar-refractivity contribution in [2.45, 2.75) is 38.3 Å². The number of rotatable bonds is 7. The minimum atomic E-state index is -3.12. The van der Waals surface area contributed by atoms with Crippen molar-refractivity contribution in [2.75, 3.05) is 30.9 Å². The Labute approximate surface area is 309 Å². The Bertz CT molecular complexity index is 2400. The molecular weight excluding hydrogens is 692 g/mol. The molecule has 0 saturated carbocycles. The van der Waals surface area contributed by atoms with E-state index in [1.807, 2.05) is 36.4 Å². The van der Waals surface area contributed by atoms with Crippen molar-refractivity contribution in [1.29, 1.82) is 0 Å². The van der Waals surface area contributed by atoms with Gasteiger partial charge in [-0.2, -0.15) is 0 Å². The number of aromatic nitrogens is 2.